The lowest BCUT2D eigenvalue weighted by molar-refractivity contribution is -0.304. The Morgan fingerprint density at radius 2 is 1.48 bits per heavy atom. The number of para-hydroxylation sites is 2. The fraction of sp³-hybridized carbons (Fsp3) is 0.235. The summed E-state index contributed by atoms with van der Waals surface area (Å²) in [6, 6.07) is 8.44. The van der Waals surface area contributed by atoms with Gasteiger partial charge in [0.15, 0.2) is 0 Å². The second-order valence-electron chi connectivity index (χ2n) is 5.42. The van der Waals surface area contributed by atoms with Gasteiger partial charge in [-0.3, -0.25) is 4.79 Å². The van der Waals surface area contributed by atoms with Crippen molar-refractivity contribution < 1.29 is 49.4 Å². The first-order valence-corrected chi connectivity index (χ1v) is 7.63. The van der Waals surface area contributed by atoms with Crippen LogP contribution in [-0.4, -0.2) is 31.0 Å². The fourth-order valence-corrected chi connectivity index (χ4v) is 2.04. The van der Waals surface area contributed by atoms with Gasteiger partial charge in [0, 0.05) is 5.56 Å². The van der Waals surface area contributed by atoms with Crippen molar-refractivity contribution in [3.05, 3.63) is 54.1 Å². The number of amides is 1. The molecule has 0 bridgehead atoms. The van der Waals surface area contributed by atoms with Gasteiger partial charge in [-0.15, -0.1) is 0 Å². The third-order valence-corrected chi connectivity index (χ3v) is 3.30. The summed E-state index contributed by atoms with van der Waals surface area (Å²) < 4.78 is 108. The number of anilines is 1. The topological polar surface area (TPSA) is 47.6 Å². The minimum Gasteiger partial charge on any atom is -0.433 e. The number of nitrogens with one attached hydrogen (secondary N) is 1. The van der Waals surface area contributed by atoms with Gasteiger partial charge in [-0.2, -0.15) is 30.7 Å². The van der Waals surface area contributed by atoms with Crippen LogP contribution in [0.4, 0.5) is 40.8 Å². The molecule has 0 heterocycles. The number of halogens is 8. The smallest absolute Gasteiger partial charge is 0.433 e. The SMILES string of the molecule is O=C(Nc1ccccc1OC(F)F)c1ccc(OC(F)(F)C(F)C(F)(F)F)cc1. The van der Waals surface area contributed by atoms with Crippen LogP contribution in [0.25, 0.3) is 0 Å². The molecule has 0 aliphatic heterocycles. The first-order chi connectivity index (χ1) is 13.4. The molecule has 0 aliphatic rings. The van der Waals surface area contributed by atoms with Crippen molar-refractivity contribution in [2.24, 2.45) is 0 Å². The van der Waals surface area contributed by atoms with E-state index in [4.69, 9.17) is 0 Å². The third-order valence-electron chi connectivity index (χ3n) is 3.30. The van der Waals surface area contributed by atoms with Gasteiger partial charge in [0.25, 0.3) is 12.1 Å². The van der Waals surface area contributed by atoms with Crippen molar-refractivity contribution in [2.45, 2.75) is 25.1 Å². The van der Waals surface area contributed by atoms with Gasteiger partial charge in [0.2, 0.25) is 0 Å². The summed E-state index contributed by atoms with van der Waals surface area (Å²) in [4.78, 5) is 12.1. The number of benzene rings is 2. The monoisotopic (exact) mass is 429 g/mol. The highest BCUT2D eigenvalue weighted by atomic mass is 19.4. The molecule has 1 unspecified atom stereocenters. The van der Waals surface area contributed by atoms with Crippen molar-refractivity contribution in [3.63, 3.8) is 0 Å². The molecule has 4 nitrogen and oxygen atoms in total. The molecular formula is C17H11F8NO3. The van der Waals surface area contributed by atoms with E-state index in [1.165, 1.54) is 18.2 Å². The predicted octanol–water partition coefficient (Wildman–Crippen LogP) is 5.41. The molecule has 0 fully saturated rings. The molecule has 0 aromatic heterocycles. The van der Waals surface area contributed by atoms with Crippen LogP contribution >= 0.6 is 0 Å². The molecule has 2 aromatic carbocycles. The molecule has 1 atom stereocenters. The van der Waals surface area contributed by atoms with Gasteiger partial charge < -0.3 is 14.8 Å². The Labute approximate surface area is 158 Å². The Bertz CT molecular complexity index is 839. The molecular weight excluding hydrogens is 418 g/mol. The summed E-state index contributed by atoms with van der Waals surface area (Å²) in [6.45, 7) is -3.15. The Kier molecular flexibility index (Phi) is 6.55. The summed E-state index contributed by atoms with van der Waals surface area (Å²) in [5.41, 5.74) is -0.296. The Hall–Kier alpha value is -3.05. The van der Waals surface area contributed by atoms with E-state index in [2.05, 4.69) is 14.8 Å². The molecule has 2 aromatic rings. The number of rotatable bonds is 7. The van der Waals surface area contributed by atoms with E-state index in [9.17, 15) is 39.9 Å². The maximum Gasteiger partial charge on any atom is 0.439 e. The standard InChI is InChI=1S/C17H11F8NO3/c18-14(16(21,22)23)17(24,25)29-10-7-5-9(6-8-10)13(27)26-11-3-1-2-4-12(11)28-15(19)20/h1-8,14-15H,(H,26,27). The van der Waals surface area contributed by atoms with Gasteiger partial charge in [-0.25, -0.2) is 4.39 Å². The van der Waals surface area contributed by atoms with Crippen LogP contribution in [-0.2, 0) is 0 Å². The lowest BCUT2D eigenvalue weighted by Gasteiger charge is -2.23. The van der Waals surface area contributed by atoms with Crippen molar-refractivity contribution in [3.8, 4) is 11.5 Å². The first kappa shape index (κ1) is 22.2. The van der Waals surface area contributed by atoms with E-state index in [1.54, 1.807) is 0 Å². The van der Waals surface area contributed by atoms with Gasteiger partial charge >= 0.3 is 18.9 Å². The molecule has 0 radical (unpaired) electrons. The summed E-state index contributed by atoms with van der Waals surface area (Å²) in [7, 11) is 0. The fourth-order valence-electron chi connectivity index (χ4n) is 2.04. The number of hydrogen-bond donors (Lipinski definition) is 1. The summed E-state index contributed by atoms with van der Waals surface area (Å²) in [6.07, 6.45) is -15.6. The van der Waals surface area contributed by atoms with Crippen LogP contribution < -0.4 is 14.8 Å². The van der Waals surface area contributed by atoms with E-state index in [0.717, 1.165) is 18.2 Å². The van der Waals surface area contributed by atoms with Gasteiger partial charge in [0.05, 0.1) is 5.69 Å². The molecule has 0 aliphatic carbocycles. The molecule has 0 saturated heterocycles. The molecule has 0 saturated carbocycles. The van der Waals surface area contributed by atoms with Crippen LogP contribution in [0.15, 0.2) is 48.5 Å². The van der Waals surface area contributed by atoms with Gasteiger partial charge in [-0.05, 0) is 36.4 Å². The van der Waals surface area contributed by atoms with E-state index in [-0.39, 0.29) is 17.0 Å². The second-order valence-corrected chi connectivity index (χ2v) is 5.42. The minimum absolute atomic E-state index is 0.116. The zero-order valence-electron chi connectivity index (χ0n) is 14.0. The highest BCUT2D eigenvalue weighted by Gasteiger charge is 2.59. The number of ether oxygens (including phenoxy) is 2. The number of carbonyl (C=O) groups excluding carboxylic acids is 1. The van der Waals surface area contributed by atoms with Crippen LogP contribution in [0.5, 0.6) is 11.5 Å². The Morgan fingerprint density at radius 3 is 2.03 bits per heavy atom. The molecule has 1 N–H and O–H groups in total. The molecule has 1 amide bonds. The molecule has 12 heteroatoms. The molecule has 0 spiro atoms. The number of hydrogen-bond acceptors (Lipinski definition) is 3. The maximum absolute atomic E-state index is 13.2. The largest absolute Gasteiger partial charge is 0.439 e. The van der Waals surface area contributed by atoms with E-state index < -0.39 is 36.7 Å². The van der Waals surface area contributed by atoms with Crippen molar-refractivity contribution >= 4 is 11.6 Å². The number of alkyl halides is 8. The quantitative estimate of drug-likeness (QED) is 0.599. The Balaban J connectivity index is 2.10. The minimum atomic E-state index is -5.84. The van der Waals surface area contributed by atoms with Gasteiger partial charge in [0.1, 0.15) is 11.5 Å². The maximum atomic E-state index is 13.2. The van der Waals surface area contributed by atoms with Crippen LogP contribution in [0.3, 0.4) is 0 Å². The van der Waals surface area contributed by atoms with Crippen LogP contribution in [0.2, 0.25) is 0 Å². The highest BCUT2D eigenvalue weighted by Crippen LogP contribution is 2.36. The highest BCUT2D eigenvalue weighted by molar-refractivity contribution is 6.05. The lowest BCUT2D eigenvalue weighted by Crippen LogP contribution is -2.45. The third kappa shape index (κ3) is 5.96. The van der Waals surface area contributed by atoms with E-state index >= 15 is 0 Å². The zero-order chi connectivity index (χ0) is 21.8. The average Bonchev–Trinajstić information content (AvgIpc) is 2.61. The first-order valence-electron chi connectivity index (χ1n) is 7.63. The lowest BCUT2D eigenvalue weighted by atomic mass is 10.2. The molecule has 29 heavy (non-hydrogen) atoms. The summed E-state index contributed by atoms with van der Waals surface area (Å²) >= 11 is 0. The van der Waals surface area contributed by atoms with Crippen molar-refractivity contribution in [1.82, 2.24) is 0 Å². The normalized spacial score (nSPS) is 13.1. The second kappa shape index (κ2) is 8.53. The van der Waals surface area contributed by atoms with Crippen molar-refractivity contribution in [2.75, 3.05) is 5.32 Å². The average molecular weight is 429 g/mol. The van der Waals surface area contributed by atoms with Crippen molar-refractivity contribution in [1.29, 1.82) is 0 Å². The number of carbonyl (C=O) groups is 1. The van der Waals surface area contributed by atoms with Crippen LogP contribution in [0.1, 0.15) is 10.4 Å². The zero-order valence-corrected chi connectivity index (χ0v) is 14.0. The van der Waals surface area contributed by atoms with Gasteiger partial charge in [-0.1, -0.05) is 12.1 Å². The predicted molar refractivity (Wildman–Crippen MR) is 84.0 cm³/mol. The van der Waals surface area contributed by atoms with Crippen LogP contribution in [0, 0.1) is 0 Å². The van der Waals surface area contributed by atoms with E-state index in [1.807, 2.05) is 0 Å². The Morgan fingerprint density at radius 1 is 0.897 bits per heavy atom. The summed E-state index contributed by atoms with van der Waals surface area (Å²) in [5.74, 6) is -2.04. The van der Waals surface area contributed by atoms with E-state index in [0.29, 0.717) is 12.1 Å². The molecule has 158 valence electrons. The molecule has 2 rings (SSSR count). The summed E-state index contributed by atoms with van der Waals surface area (Å²) in [5, 5.41) is 2.24.